The Labute approximate surface area is 154 Å². The summed E-state index contributed by atoms with van der Waals surface area (Å²) in [5, 5.41) is 0. The smallest absolute Gasteiger partial charge is 0.254 e. The number of aryl methyl sites for hydroxylation is 1. The van der Waals surface area contributed by atoms with Gasteiger partial charge in [-0.15, -0.1) is 0 Å². The summed E-state index contributed by atoms with van der Waals surface area (Å²) in [7, 11) is -1.81. The van der Waals surface area contributed by atoms with Crippen LogP contribution in [0.3, 0.4) is 0 Å². The molecular weight excluding hydrogens is 352 g/mol. The van der Waals surface area contributed by atoms with Gasteiger partial charge in [0, 0.05) is 18.8 Å². The molecule has 1 aliphatic rings. The molecule has 1 aliphatic heterocycles. The summed E-state index contributed by atoms with van der Waals surface area (Å²) in [6.07, 6.45) is -0.244. The van der Waals surface area contributed by atoms with Crippen LogP contribution in [-0.4, -0.2) is 36.5 Å². The zero-order valence-electron chi connectivity index (χ0n) is 15.5. The summed E-state index contributed by atoms with van der Waals surface area (Å²) in [4.78, 5) is 12.1. The summed E-state index contributed by atoms with van der Waals surface area (Å²) in [6, 6.07) is 10.2. The van der Waals surface area contributed by atoms with Crippen LogP contribution < -0.4 is 10.3 Å². The first-order valence-corrected chi connectivity index (χ1v) is 10.1. The highest BCUT2D eigenvalue weighted by Gasteiger charge is 2.38. The van der Waals surface area contributed by atoms with Crippen LogP contribution in [0.15, 0.2) is 46.1 Å². The number of pyridine rings is 1. The van der Waals surface area contributed by atoms with Crippen molar-refractivity contribution in [1.82, 2.24) is 8.87 Å². The standard InChI is InChI=1S/C19H24N2O4S/c1-13(2)15-5-7-18(8-6-15)26(23,24)21-11-17(12-21)25-16-9-14(3)20(4)19(22)10-16/h5-10,13,17H,11-12H2,1-4H3. The molecule has 1 aromatic carbocycles. The highest BCUT2D eigenvalue weighted by Crippen LogP contribution is 2.26. The lowest BCUT2D eigenvalue weighted by molar-refractivity contribution is 0.0759. The van der Waals surface area contributed by atoms with Crippen molar-refractivity contribution in [3.05, 3.63) is 58.0 Å². The van der Waals surface area contributed by atoms with Crippen LogP contribution in [0.25, 0.3) is 0 Å². The lowest BCUT2D eigenvalue weighted by Gasteiger charge is -2.37. The summed E-state index contributed by atoms with van der Waals surface area (Å²) < 4.78 is 34.0. The third-order valence-electron chi connectivity index (χ3n) is 4.78. The Hall–Kier alpha value is -2.12. The highest BCUT2D eigenvalue weighted by molar-refractivity contribution is 7.89. The molecule has 0 aliphatic carbocycles. The predicted octanol–water partition coefficient (Wildman–Crippen LogP) is 2.27. The van der Waals surface area contributed by atoms with Crippen LogP contribution in [0, 0.1) is 6.92 Å². The van der Waals surface area contributed by atoms with E-state index in [2.05, 4.69) is 13.8 Å². The molecule has 2 heterocycles. The number of benzene rings is 1. The SMILES string of the molecule is Cc1cc(OC2CN(S(=O)(=O)c3ccc(C(C)C)cc3)C2)cc(=O)n1C. The minimum Gasteiger partial charge on any atom is -0.487 e. The van der Waals surface area contributed by atoms with Gasteiger partial charge in [0.1, 0.15) is 11.9 Å². The molecule has 7 heteroatoms. The van der Waals surface area contributed by atoms with Gasteiger partial charge in [-0.25, -0.2) is 8.42 Å². The number of rotatable bonds is 5. The second-order valence-corrected chi connectivity index (χ2v) is 8.95. The fourth-order valence-electron chi connectivity index (χ4n) is 2.84. The topological polar surface area (TPSA) is 68.6 Å². The lowest BCUT2D eigenvalue weighted by atomic mass is 10.0. The van der Waals surface area contributed by atoms with Gasteiger partial charge in [0.2, 0.25) is 10.0 Å². The van der Waals surface area contributed by atoms with E-state index >= 15 is 0 Å². The molecular formula is C19H24N2O4S. The Morgan fingerprint density at radius 3 is 2.27 bits per heavy atom. The fourth-order valence-corrected chi connectivity index (χ4v) is 4.35. The van der Waals surface area contributed by atoms with Gasteiger partial charge in [-0.05, 0) is 36.6 Å². The van der Waals surface area contributed by atoms with Gasteiger partial charge < -0.3 is 9.30 Å². The number of nitrogens with zero attached hydrogens (tertiary/aromatic N) is 2. The van der Waals surface area contributed by atoms with E-state index in [9.17, 15) is 13.2 Å². The summed E-state index contributed by atoms with van der Waals surface area (Å²) >= 11 is 0. The van der Waals surface area contributed by atoms with E-state index in [1.54, 1.807) is 25.2 Å². The normalized spacial score (nSPS) is 15.9. The molecule has 0 spiro atoms. The molecule has 0 saturated carbocycles. The van der Waals surface area contributed by atoms with E-state index in [1.807, 2.05) is 19.1 Å². The Kier molecular flexibility index (Phi) is 4.94. The van der Waals surface area contributed by atoms with E-state index in [0.717, 1.165) is 11.3 Å². The summed E-state index contributed by atoms with van der Waals surface area (Å²) in [6.45, 7) is 6.52. The fraction of sp³-hybridized carbons (Fsp3) is 0.421. The molecule has 0 bridgehead atoms. The van der Waals surface area contributed by atoms with Crippen LogP contribution in [0.5, 0.6) is 5.75 Å². The zero-order chi connectivity index (χ0) is 19.1. The molecule has 1 fully saturated rings. The average molecular weight is 376 g/mol. The van der Waals surface area contributed by atoms with Gasteiger partial charge in [0.25, 0.3) is 5.56 Å². The molecule has 0 unspecified atom stereocenters. The number of aromatic nitrogens is 1. The Morgan fingerprint density at radius 2 is 1.73 bits per heavy atom. The Morgan fingerprint density at radius 1 is 1.12 bits per heavy atom. The van der Waals surface area contributed by atoms with Crippen LogP contribution in [0.2, 0.25) is 0 Å². The van der Waals surface area contributed by atoms with Gasteiger partial charge >= 0.3 is 0 Å². The van der Waals surface area contributed by atoms with Crippen molar-refractivity contribution in [2.24, 2.45) is 7.05 Å². The van der Waals surface area contributed by atoms with E-state index in [4.69, 9.17) is 4.74 Å². The van der Waals surface area contributed by atoms with Gasteiger partial charge in [0.05, 0.1) is 18.0 Å². The lowest BCUT2D eigenvalue weighted by Crippen LogP contribution is -2.56. The maximum Gasteiger partial charge on any atom is 0.254 e. The van der Waals surface area contributed by atoms with Crippen LogP contribution >= 0.6 is 0 Å². The molecule has 0 amide bonds. The van der Waals surface area contributed by atoms with Gasteiger partial charge in [-0.3, -0.25) is 4.79 Å². The summed E-state index contributed by atoms with van der Waals surface area (Å²) in [5.74, 6) is 0.838. The van der Waals surface area contributed by atoms with Crippen molar-refractivity contribution in [1.29, 1.82) is 0 Å². The molecule has 3 rings (SSSR count). The molecule has 0 radical (unpaired) electrons. The first kappa shape index (κ1) is 18.7. The second kappa shape index (κ2) is 6.89. The molecule has 26 heavy (non-hydrogen) atoms. The van der Waals surface area contributed by atoms with Gasteiger partial charge in [0.15, 0.2) is 0 Å². The first-order valence-electron chi connectivity index (χ1n) is 8.63. The predicted molar refractivity (Wildman–Crippen MR) is 100 cm³/mol. The number of ether oxygens (including phenoxy) is 1. The third kappa shape index (κ3) is 3.54. The van der Waals surface area contributed by atoms with E-state index < -0.39 is 10.0 Å². The molecule has 140 valence electrons. The second-order valence-electron chi connectivity index (χ2n) is 7.02. The monoisotopic (exact) mass is 376 g/mol. The van der Waals surface area contributed by atoms with Crippen LogP contribution in [0.1, 0.15) is 31.0 Å². The molecule has 0 atom stereocenters. The highest BCUT2D eigenvalue weighted by atomic mass is 32.2. The molecule has 1 aromatic heterocycles. The van der Waals surface area contributed by atoms with Crippen LogP contribution in [0.4, 0.5) is 0 Å². The first-order chi connectivity index (χ1) is 12.2. The molecule has 6 nitrogen and oxygen atoms in total. The summed E-state index contributed by atoms with van der Waals surface area (Å²) in [5.41, 5.74) is 1.75. The number of sulfonamides is 1. The molecule has 2 aromatic rings. The van der Waals surface area contributed by atoms with E-state index in [1.165, 1.54) is 14.9 Å². The van der Waals surface area contributed by atoms with Crippen molar-refractivity contribution in [3.63, 3.8) is 0 Å². The maximum absolute atomic E-state index is 12.7. The molecule has 0 N–H and O–H groups in total. The maximum atomic E-state index is 12.7. The Balaban J connectivity index is 1.66. The number of hydrogen-bond donors (Lipinski definition) is 0. The van der Waals surface area contributed by atoms with Crippen molar-refractivity contribution < 1.29 is 13.2 Å². The van der Waals surface area contributed by atoms with Gasteiger partial charge in [-0.2, -0.15) is 4.31 Å². The third-order valence-corrected chi connectivity index (χ3v) is 6.62. The number of hydrogen-bond acceptors (Lipinski definition) is 4. The van der Waals surface area contributed by atoms with Crippen molar-refractivity contribution >= 4 is 10.0 Å². The van der Waals surface area contributed by atoms with Crippen LogP contribution in [-0.2, 0) is 17.1 Å². The van der Waals surface area contributed by atoms with E-state index in [0.29, 0.717) is 16.6 Å². The zero-order valence-corrected chi connectivity index (χ0v) is 16.3. The quantitative estimate of drug-likeness (QED) is 0.803. The van der Waals surface area contributed by atoms with Crippen molar-refractivity contribution in [2.75, 3.05) is 13.1 Å². The largest absolute Gasteiger partial charge is 0.487 e. The van der Waals surface area contributed by atoms with Gasteiger partial charge in [-0.1, -0.05) is 26.0 Å². The van der Waals surface area contributed by atoms with Crippen molar-refractivity contribution in [3.8, 4) is 5.75 Å². The Bertz CT molecular complexity index is 956. The van der Waals surface area contributed by atoms with Crippen molar-refractivity contribution in [2.45, 2.75) is 37.7 Å². The minimum atomic E-state index is -3.51. The minimum absolute atomic E-state index is 0.144. The average Bonchev–Trinajstić information content (AvgIpc) is 2.55. The molecule has 1 saturated heterocycles. The van der Waals surface area contributed by atoms with E-state index in [-0.39, 0.29) is 24.8 Å².